The Hall–Kier alpha value is -1.32. The number of esters is 2. The summed E-state index contributed by atoms with van der Waals surface area (Å²) in [6.45, 7) is 2.30. The fourth-order valence-electron chi connectivity index (χ4n) is 2.45. The second-order valence-corrected chi connectivity index (χ2v) is 4.36. The molecule has 1 saturated heterocycles. The quantitative estimate of drug-likeness (QED) is 0.477. The van der Waals surface area contributed by atoms with Gasteiger partial charge in [-0.05, 0) is 6.42 Å². The average molecular weight is 210 g/mol. The number of cyclic esters (lactones) is 1. The molecule has 0 radical (unpaired) electrons. The average Bonchev–Trinajstić information content (AvgIpc) is 2.54. The van der Waals surface area contributed by atoms with Gasteiger partial charge < -0.3 is 9.47 Å². The fraction of sp³-hybridized carbons (Fsp3) is 0.636. The molecule has 0 saturated carbocycles. The van der Waals surface area contributed by atoms with E-state index >= 15 is 0 Å². The third-order valence-corrected chi connectivity index (χ3v) is 3.28. The first-order valence-electron chi connectivity index (χ1n) is 5.00. The van der Waals surface area contributed by atoms with Crippen molar-refractivity contribution < 1.29 is 19.1 Å². The van der Waals surface area contributed by atoms with E-state index in [0.717, 1.165) is 0 Å². The predicted octanol–water partition coefficient (Wildman–Crippen LogP) is 0.915. The Balaban J connectivity index is 2.32. The molecule has 1 heterocycles. The van der Waals surface area contributed by atoms with Crippen LogP contribution in [0.2, 0.25) is 0 Å². The zero-order valence-corrected chi connectivity index (χ0v) is 8.86. The molecule has 2 aliphatic rings. The number of carbonyl (C=O) groups is 2. The maximum Gasteiger partial charge on any atom is 0.310 e. The number of carbonyl (C=O) groups excluding carboxylic acids is 2. The number of rotatable bonds is 1. The molecule has 3 atom stereocenters. The molecule has 0 N–H and O–H groups in total. The third kappa shape index (κ3) is 1.44. The minimum absolute atomic E-state index is 0.280. The maximum absolute atomic E-state index is 11.6. The van der Waals surface area contributed by atoms with E-state index in [-0.39, 0.29) is 29.2 Å². The minimum atomic E-state index is -0.389. The molecule has 15 heavy (non-hydrogen) atoms. The minimum Gasteiger partial charge on any atom is -0.469 e. The molecular weight excluding hydrogens is 196 g/mol. The van der Waals surface area contributed by atoms with Gasteiger partial charge >= 0.3 is 11.9 Å². The van der Waals surface area contributed by atoms with Crippen molar-refractivity contribution in [2.75, 3.05) is 13.7 Å². The highest BCUT2D eigenvalue weighted by atomic mass is 16.5. The van der Waals surface area contributed by atoms with Gasteiger partial charge in [-0.3, -0.25) is 9.59 Å². The van der Waals surface area contributed by atoms with Gasteiger partial charge in [-0.25, -0.2) is 0 Å². The van der Waals surface area contributed by atoms with Gasteiger partial charge in [0.1, 0.15) is 6.61 Å². The van der Waals surface area contributed by atoms with Gasteiger partial charge in [-0.15, -0.1) is 0 Å². The summed E-state index contributed by atoms with van der Waals surface area (Å²) in [5.41, 5.74) is -0.339. The SMILES string of the molecule is COC(=O)[C@H]1CC=C[C@]2(C)COC(=O)[C@H]12. The van der Waals surface area contributed by atoms with E-state index in [0.29, 0.717) is 13.0 Å². The molecule has 82 valence electrons. The molecule has 1 aliphatic heterocycles. The Morgan fingerprint density at radius 1 is 1.67 bits per heavy atom. The summed E-state index contributed by atoms with van der Waals surface area (Å²) in [5.74, 6) is -1.37. The second kappa shape index (κ2) is 3.36. The molecule has 4 heteroatoms. The molecule has 1 aliphatic carbocycles. The van der Waals surface area contributed by atoms with Crippen LogP contribution in [0.5, 0.6) is 0 Å². The summed E-state index contributed by atoms with van der Waals surface area (Å²) in [5, 5.41) is 0. The Labute approximate surface area is 88.2 Å². The molecule has 0 bridgehead atoms. The van der Waals surface area contributed by atoms with Crippen molar-refractivity contribution in [2.45, 2.75) is 13.3 Å². The number of methoxy groups -OCH3 is 1. The van der Waals surface area contributed by atoms with Crippen molar-refractivity contribution >= 4 is 11.9 Å². The molecule has 0 amide bonds. The maximum atomic E-state index is 11.6. The zero-order valence-electron chi connectivity index (χ0n) is 8.86. The number of allylic oxidation sites excluding steroid dienone is 1. The van der Waals surface area contributed by atoms with Gasteiger partial charge in [-0.2, -0.15) is 0 Å². The molecule has 0 aromatic carbocycles. The first kappa shape index (κ1) is 10.2. The number of ether oxygens (including phenoxy) is 2. The Morgan fingerprint density at radius 2 is 2.40 bits per heavy atom. The second-order valence-electron chi connectivity index (χ2n) is 4.36. The molecular formula is C11H14O4. The van der Waals surface area contributed by atoms with Gasteiger partial charge in [0.15, 0.2) is 0 Å². The first-order chi connectivity index (χ1) is 7.08. The van der Waals surface area contributed by atoms with Crippen LogP contribution in [-0.4, -0.2) is 25.7 Å². The highest BCUT2D eigenvalue weighted by molar-refractivity contribution is 5.85. The molecule has 0 aromatic heterocycles. The van der Waals surface area contributed by atoms with Crippen LogP contribution in [0.1, 0.15) is 13.3 Å². The lowest BCUT2D eigenvalue weighted by Crippen LogP contribution is -2.39. The van der Waals surface area contributed by atoms with E-state index in [9.17, 15) is 9.59 Å². The summed E-state index contributed by atoms with van der Waals surface area (Å²) >= 11 is 0. The van der Waals surface area contributed by atoms with Crippen LogP contribution in [0.25, 0.3) is 0 Å². The van der Waals surface area contributed by atoms with Gasteiger partial charge in [0, 0.05) is 5.41 Å². The van der Waals surface area contributed by atoms with E-state index in [2.05, 4.69) is 0 Å². The van der Waals surface area contributed by atoms with Crippen LogP contribution in [0.3, 0.4) is 0 Å². The zero-order chi connectivity index (χ0) is 11.1. The molecule has 0 spiro atoms. The molecule has 0 aromatic rings. The Kier molecular flexibility index (Phi) is 2.29. The van der Waals surface area contributed by atoms with Crippen LogP contribution < -0.4 is 0 Å². The Bertz CT molecular complexity index is 333. The molecule has 4 nitrogen and oxygen atoms in total. The topological polar surface area (TPSA) is 52.6 Å². The van der Waals surface area contributed by atoms with Gasteiger partial charge in [-0.1, -0.05) is 19.1 Å². The van der Waals surface area contributed by atoms with E-state index in [1.165, 1.54) is 7.11 Å². The fourth-order valence-corrected chi connectivity index (χ4v) is 2.45. The van der Waals surface area contributed by atoms with Crippen molar-refractivity contribution in [1.29, 1.82) is 0 Å². The molecule has 2 rings (SSSR count). The monoisotopic (exact) mass is 210 g/mol. The van der Waals surface area contributed by atoms with Gasteiger partial charge in [0.2, 0.25) is 0 Å². The molecule has 1 fully saturated rings. The van der Waals surface area contributed by atoms with E-state index in [1.807, 2.05) is 19.1 Å². The van der Waals surface area contributed by atoms with Crippen LogP contribution in [-0.2, 0) is 19.1 Å². The van der Waals surface area contributed by atoms with E-state index < -0.39 is 0 Å². The standard InChI is InChI=1S/C11H14O4/c1-11-5-3-4-7(9(12)14-2)8(11)10(13)15-6-11/h3,5,7-8H,4,6H2,1-2H3/t7-,8-,11+/m0/s1. The number of hydrogen-bond acceptors (Lipinski definition) is 4. The van der Waals surface area contributed by atoms with Crippen LogP contribution in [0.4, 0.5) is 0 Å². The van der Waals surface area contributed by atoms with Crippen molar-refractivity contribution in [3.05, 3.63) is 12.2 Å². The lowest BCUT2D eigenvalue weighted by atomic mass is 9.68. The summed E-state index contributed by atoms with van der Waals surface area (Å²) < 4.78 is 9.74. The van der Waals surface area contributed by atoms with Crippen LogP contribution >= 0.6 is 0 Å². The number of hydrogen-bond donors (Lipinski definition) is 0. The van der Waals surface area contributed by atoms with Gasteiger partial charge in [0.25, 0.3) is 0 Å². The van der Waals surface area contributed by atoms with Gasteiger partial charge in [0.05, 0.1) is 18.9 Å². The molecule has 0 unspecified atom stereocenters. The third-order valence-electron chi connectivity index (χ3n) is 3.28. The van der Waals surface area contributed by atoms with Crippen molar-refractivity contribution in [3.63, 3.8) is 0 Å². The first-order valence-corrected chi connectivity index (χ1v) is 5.00. The smallest absolute Gasteiger partial charge is 0.310 e. The summed E-state index contributed by atoms with van der Waals surface area (Å²) in [7, 11) is 1.35. The van der Waals surface area contributed by atoms with Crippen molar-refractivity contribution in [1.82, 2.24) is 0 Å². The predicted molar refractivity (Wildman–Crippen MR) is 51.8 cm³/mol. The highest BCUT2D eigenvalue weighted by Gasteiger charge is 2.53. The number of fused-ring (bicyclic) bond motifs is 1. The van der Waals surface area contributed by atoms with E-state index in [1.54, 1.807) is 0 Å². The van der Waals surface area contributed by atoms with Crippen LogP contribution in [0.15, 0.2) is 12.2 Å². The summed E-state index contributed by atoms with van der Waals surface area (Å²) in [4.78, 5) is 23.1. The summed E-state index contributed by atoms with van der Waals surface area (Å²) in [6.07, 6.45) is 4.46. The van der Waals surface area contributed by atoms with Crippen LogP contribution in [0, 0.1) is 17.3 Å². The largest absolute Gasteiger partial charge is 0.469 e. The van der Waals surface area contributed by atoms with Crippen molar-refractivity contribution in [3.8, 4) is 0 Å². The summed E-state index contributed by atoms with van der Waals surface area (Å²) in [6, 6.07) is 0. The lowest BCUT2D eigenvalue weighted by molar-refractivity contribution is -0.154. The normalized spacial score (nSPS) is 38.4. The highest BCUT2D eigenvalue weighted by Crippen LogP contribution is 2.45. The van der Waals surface area contributed by atoms with Crippen molar-refractivity contribution in [2.24, 2.45) is 17.3 Å². The lowest BCUT2D eigenvalue weighted by Gasteiger charge is -2.31. The Morgan fingerprint density at radius 3 is 3.07 bits per heavy atom. The van der Waals surface area contributed by atoms with E-state index in [4.69, 9.17) is 9.47 Å².